The summed E-state index contributed by atoms with van der Waals surface area (Å²) in [4.78, 5) is 22.1. The molecule has 0 spiro atoms. The number of carboxylic acid groups (broad SMARTS) is 2. The van der Waals surface area contributed by atoms with Crippen LogP contribution in [0.15, 0.2) is 49.6 Å². The number of carbonyl (C=O) groups is 2. The lowest BCUT2D eigenvalue weighted by molar-refractivity contribution is 0.0686. The van der Waals surface area contributed by atoms with Crippen molar-refractivity contribution in [3.8, 4) is 11.1 Å². The molecule has 0 aromatic heterocycles. The maximum atomic E-state index is 11.0. The van der Waals surface area contributed by atoms with Gasteiger partial charge in [0.2, 0.25) is 0 Å². The van der Waals surface area contributed by atoms with Crippen LogP contribution < -0.4 is 0 Å². The van der Waals surface area contributed by atoms with Crippen molar-refractivity contribution in [3.05, 3.63) is 71.8 Å². The Bertz CT molecular complexity index is 720. The van der Waals surface area contributed by atoms with Crippen LogP contribution in [-0.4, -0.2) is 22.2 Å². The molecular formula is C18H14O4. The van der Waals surface area contributed by atoms with Crippen molar-refractivity contribution in [3.63, 3.8) is 0 Å². The highest BCUT2D eigenvalue weighted by Gasteiger charge is 2.12. The Hall–Kier alpha value is -3.14. The first kappa shape index (κ1) is 15.3. The second-order valence-corrected chi connectivity index (χ2v) is 4.62. The zero-order valence-electron chi connectivity index (χ0n) is 11.7. The Morgan fingerprint density at radius 2 is 1.14 bits per heavy atom. The lowest BCUT2D eigenvalue weighted by Gasteiger charge is -2.11. The van der Waals surface area contributed by atoms with E-state index in [4.69, 9.17) is 10.2 Å². The van der Waals surface area contributed by atoms with Crippen LogP contribution in [0.1, 0.15) is 31.8 Å². The van der Waals surface area contributed by atoms with E-state index in [-0.39, 0.29) is 11.1 Å². The van der Waals surface area contributed by atoms with Gasteiger partial charge in [-0.15, -0.1) is 0 Å². The van der Waals surface area contributed by atoms with Crippen LogP contribution in [0.5, 0.6) is 0 Å². The van der Waals surface area contributed by atoms with Gasteiger partial charge < -0.3 is 10.2 Å². The number of aromatic carboxylic acids is 2. The molecule has 4 nitrogen and oxygen atoms in total. The van der Waals surface area contributed by atoms with Crippen LogP contribution in [0, 0.1) is 0 Å². The van der Waals surface area contributed by atoms with Gasteiger partial charge in [0, 0.05) is 0 Å². The minimum atomic E-state index is -1.01. The first-order valence-corrected chi connectivity index (χ1v) is 6.48. The van der Waals surface area contributed by atoms with E-state index in [1.807, 2.05) is 0 Å². The van der Waals surface area contributed by atoms with Gasteiger partial charge in [-0.3, -0.25) is 0 Å². The summed E-state index contributed by atoms with van der Waals surface area (Å²) in [5.41, 5.74) is 3.19. The molecule has 0 fully saturated rings. The van der Waals surface area contributed by atoms with Crippen LogP contribution in [0.2, 0.25) is 0 Å². The van der Waals surface area contributed by atoms with Crippen LogP contribution in [0.3, 0.4) is 0 Å². The summed E-state index contributed by atoms with van der Waals surface area (Å²) in [5.74, 6) is -2.03. The minimum Gasteiger partial charge on any atom is -0.478 e. The molecule has 0 aliphatic rings. The van der Waals surface area contributed by atoms with Crippen LogP contribution in [0.25, 0.3) is 23.3 Å². The maximum absolute atomic E-state index is 11.0. The highest BCUT2D eigenvalue weighted by molar-refractivity contribution is 5.93. The second-order valence-electron chi connectivity index (χ2n) is 4.62. The fraction of sp³-hybridized carbons (Fsp3) is 0. The van der Waals surface area contributed by atoms with E-state index in [0.29, 0.717) is 11.1 Å². The molecule has 22 heavy (non-hydrogen) atoms. The molecule has 0 amide bonds. The molecule has 4 heteroatoms. The monoisotopic (exact) mass is 294 g/mol. The highest BCUT2D eigenvalue weighted by Crippen LogP contribution is 2.30. The molecule has 0 radical (unpaired) electrons. The molecule has 0 aliphatic heterocycles. The van der Waals surface area contributed by atoms with E-state index in [2.05, 4.69) is 13.2 Å². The third kappa shape index (κ3) is 2.81. The predicted molar refractivity (Wildman–Crippen MR) is 86.0 cm³/mol. The summed E-state index contributed by atoms with van der Waals surface area (Å²) < 4.78 is 0. The smallest absolute Gasteiger partial charge is 0.335 e. The largest absolute Gasteiger partial charge is 0.478 e. The van der Waals surface area contributed by atoms with Crippen molar-refractivity contribution in [2.75, 3.05) is 0 Å². The summed E-state index contributed by atoms with van der Waals surface area (Å²) in [6.07, 6.45) is 3.14. The van der Waals surface area contributed by atoms with Crippen molar-refractivity contribution in [1.29, 1.82) is 0 Å². The summed E-state index contributed by atoms with van der Waals surface area (Å²) in [5, 5.41) is 18.1. The first-order valence-electron chi connectivity index (χ1n) is 6.48. The Labute approximate surface area is 127 Å². The van der Waals surface area contributed by atoms with E-state index in [9.17, 15) is 9.59 Å². The molecule has 110 valence electrons. The number of hydrogen-bond donors (Lipinski definition) is 2. The van der Waals surface area contributed by atoms with E-state index < -0.39 is 11.9 Å². The lowest BCUT2D eigenvalue weighted by atomic mass is 9.92. The maximum Gasteiger partial charge on any atom is 0.335 e. The average Bonchev–Trinajstić information content (AvgIpc) is 2.53. The summed E-state index contributed by atoms with van der Waals surface area (Å²) in [7, 11) is 0. The summed E-state index contributed by atoms with van der Waals surface area (Å²) in [6, 6.07) is 9.43. The molecule has 0 saturated heterocycles. The molecule has 0 atom stereocenters. The van der Waals surface area contributed by atoms with Crippen LogP contribution in [-0.2, 0) is 0 Å². The Morgan fingerprint density at radius 1 is 0.773 bits per heavy atom. The molecule has 0 unspecified atom stereocenters. The van der Waals surface area contributed by atoms with Crippen LogP contribution >= 0.6 is 0 Å². The Kier molecular flexibility index (Phi) is 4.23. The summed E-state index contributed by atoms with van der Waals surface area (Å²) >= 11 is 0. The number of hydrogen-bond acceptors (Lipinski definition) is 2. The van der Waals surface area contributed by atoms with Crippen molar-refractivity contribution < 1.29 is 19.8 Å². The van der Waals surface area contributed by atoms with Gasteiger partial charge in [-0.05, 0) is 46.5 Å². The fourth-order valence-electron chi connectivity index (χ4n) is 2.22. The minimum absolute atomic E-state index is 0.168. The van der Waals surface area contributed by atoms with Crippen molar-refractivity contribution in [2.45, 2.75) is 0 Å². The highest BCUT2D eigenvalue weighted by atomic mass is 16.4. The summed E-state index contributed by atoms with van der Waals surface area (Å²) in [6.45, 7) is 7.41. The molecule has 0 saturated carbocycles. The number of rotatable bonds is 5. The Morgan fingerprint density at radius 3 is 1.41 bits per heavy atom. The lowest BCUT2D eigenvalue weighted by Crippen LogP contribution is -1.99. The van der Waals surface area contributed by atoms with E-state index in [1.54, 1.807) is 24.3 Å². The zero-order valence-corrected chi connectivity index (χ0v) is 11.7. The molecule has 2 rings (SSSR count). The molecule has 0 aliphatic carbocycles. The molecule has 2 aromatic rings. The van der Waals surface area contributed by atoms with Gasteiger partial charge in [0.05, 0.1) is 11.1 Å². The van der Waals surface area contributed by atoms with Gasteiger partial charge in [0.15, 0.2) is 0 Å². The van der Waals surface area contributed by atoms with Gasteiger partial charge in [-0.2, -0.15) is 0 Å². The fourth-order valence-corrected chi connectivity index (χ4v) is 2.22. The van der Waals surface area contributed by atoms with Gasteiger partial charge in [-0.25, -0.2) is 9.59 Å². The average molecular weight is 294 g/mol. The molecule has 0 heterocycles. The van der Waals surface area contributed by atoms with Gasteiger partial charge in [0.25, 0.3) is 0 Å². The SMILES string of the molecule is C=Cc1cc(C(=O)O)ccc1-c1ccc(C(=O)O)cc1C=C. The van der Waals surface area contributed by atoms with Gasteiger partial charge in [-0.1, -0.05) is 37.4 Å². The van der Waals surface area contributed by atoms with E-state index >= 15 is 0 Å². The van der Waals surface area contributed by atoms with Crippen molar-refractivity contribution >= 4 is 24.1 Å². The molecule has 2 aromatic carbocycles. The molecule has 2 N–H and O–H groups in total. The van der Waals surface area contributed by atoms with Gasteiger partial charge >= 0.3 is 11.9 Å². The normalized spacial score (nSPS) is 10.0. The molecular weight excluding hydrogens is 280 g/mol. The quantitative estimate of drug-likeness (QED) is 0.872. The number of carboxylic acids is 2. The van der Waals surface area contributed by atoms with E-state index in [0.717, 1.165) is 11.1 Å². The van der Waals surface area contributed by atoms with Crippen LogP contribution in [0.4, 0.5) is 0 Å². The topological polar surface area (TPSA) is 74.6 Å². The second kappa shape index (κ2) is 6.10. The molecule has 0 bridgehead atoms. The Balaban J connectivity index is 2.65. The predicted octanol–water partition coefficient (Wildman–Crippen LogP) is 4.04. The van der Waals surface area contributed by atoms with Crippen molar-refractivity contribution in [2.24, 2.45) is 0 Å². The van der Waals surface area contributed by atoms with E-state index in [1.165, 1.54) is 24.3 Å². The zero-order chi connectivity index (χ0) is 16.3. The van der Waals surface area contributed by atoms with Gasteiger partial charge in [0.1, 0.15) is 0 Å². The third-order valence-corrected chi connectivity index (χ3v) is 3.33. The third-order valence-electron chi connectivity index (χ3n) is 3.33. The first-order chi connectivity index (χ1) is 10.5. The number of benzene rings is 2. The van der Waals surface area contributed by atoms with Crippen molar-refractivity contribution in [1.82, 2.24) is 0 Å². The standard InChI is InChI=1S/C18H14O4/c1-3-11-9-13(17(19)20)5-7-15(11)16-8-6-14(18(21)22)10-12(16)4-2/h3-10H,1-2H2,(H,19,20)(H,21,22).